The van der Waals surface area contributed by atoms with Crippen molar-refractivity contribution in [3.63, 3.8) is 0 Å². The summed E-state index contributed by atoms with van der Waals surface area (Å²) in [6, 6.07) is 14.3. The predicted octanol–water partition coefficient (Wildman–Crippen LogP) is 3.18. The first-order valence-electron chi connectivity index (χ1n) is 9.92. The van der Waals surface area contributed by atoms with Gasteiger partial charge in [-0.3, -0.25) is 24.7 Å². The van der Waals surface area contributed by atoms with Crippen molar-refractivity contribution in [2.75, 3.05) is 32.7 Å². The van der Waals surface area contributed by atoms with E-state index in [9.17, 15) is 14.9 Å². The van der Waals surface area contributed by atoms with Crippen molar-refractivity contribution in [2.24, 2.45) is 5.10 Å². The number of amides is 1. The Balaban J connectivity index is 1.37. The SMILES string of the molecule is O=C(CN1CCN(Cc2ccc(Cl)cc2)CC1)NN=CC=Cc1ccccc1[N+](=O)[O-]. The molecule has 1 saturated heterocycles. The molecule has 1 aliphatic rings. The zero-order valence-electron chi connectivity index (χ0n) is 17.0. The Hall–Kier alpha value is -3.07. The second-order valence-corrected chi connectivity index (χ2v) is 7.60. The van der Waals surface area contributed by atoms with Crippen LogP contribution in [-0.4, -0.2) is 59.6 Å². The topological polar surface area (TPSA) is 91.1 Å². The fraction of sp³-hybridized carbons (Fsp3) is 0.273. The second kappa shape index (κ2) is 11.4. The fourth-order valence-electron chi connectivity index (χ4n) is 3.29. The van der Waals surface area contributed by atoms with Crippen LogP contribution in [0.25, 0.3) is 6.08 Å². The van der Waals surface area contributed by atoms with Crippen LogP contribution in [0.15, 0.2) is 59.7 Å². The van der Waals surface area contributed by atoms with E-state index in [0.29, 0.717) is 5.56 Å². The number of hydrogen-bond donors (Lipinski definition) is 1. The lowest BCUT2D eigenvalue weighted by atomic mass is 10.2. The van der Waals surface area contributed by atoms with Gasteiger partial charge in [-0.1, -0.05) is 35.9 Å². The molecule has 0 unspecified atom stereocenters. The number of rotatable bonds is 8. The standard InChI is InChI=1S/C22H24ClN5O3/c23-20-9-7-18(8-10-20)16-26-12-14-27(15-13-26)17-22(29)25-24-11-3-5-19-4-1-2-6-21(19)28(30)31/h1-11H,12-17H2,(H,25,29). The minimum atomic E-state index is -0.437. The van der Waals surface area contributed by atoms with E-state index in [1.54, 1.807) is 30.4 Å². The summed E-state index contributed by atoms with van der Waals surface area (Å²) in [5.74, 6) is -0.193. The maximum atomic E-state index is 12.1. The number of nitrogens with zero attached hydrogens (tertiary/aromatic N) is 4. The summed E-state index contributed by atoms with van der Waals surface area (Å²) in [5.41, 5.74) is 4.20. The maximum absolute atomic E-state index is 12.1. The number of halogens is 1. The molecule has 0 radical (unpaired) electrons. The van der Waals surface area contributed by atoms with Gasteiger partial charge in [0.25, 0.3) is 11.6 Å². The minimum Gasteiger partial charge on any atom is -0.297 e. The molecule has 1 amide bonds. The zero-order valence-corrected chi connectivity index (χ0v) is 17.7. The zero-order chi connectivity index (χ0) is 22.1. The van der Waals surface area contributed by atoms with E-state index in [1.165, 1.54) is 17.8 Å². The normalized spacial score (nSPS) is 15.5. The van der Waals surface area contributed by atoms with Crippen LogP contribution in [0.2, 0.25) is 5.02 Å². The van der Waals surface area contributed by atoms with Crippen LogP contribution in [0, 0.1) is 10.1 Å². The van der Waals surface area contributed by atoms with Gasteiger partial charge in [-0.15, -0.1) is 0 Å². The van der Waals surface area contributed by atoms with Gasteiger partial charge in [-0.25, -0.2) is 5.43 Å². The Kier molecular flexibility index (Phi) is 8.28. The molecule has 162 valence electrons. The molecule has 0 saturated carbocycles. The van der Waals surface area contributed by atoms with Crippen molar-refractivity contribution in [2.45, 2.75) is 6.54 Å². The summed E-state index contributed by atoms with van der Waals surface area (Å²) in [7, 11) is 0. The highest BCUT2D eigenvalue weighted by Gasteiger charge is 2.18. The molecule has 31 heavy (non-hydrogen) atoms. The maximum Gasteiger partial charge on any atom is 0.276 e. The number of hydrogen-bond acceptors (Lipinski definition) is 6. The Labute approximate surface area is 185 Å². The van der Waals surface area contributed by atoms with Crippen LogP contribution >= 0.6 is 11.6 Å². The van der Waals surface area contributed by atoms with Gasteiger partial charge in [0.05, 0.1) is 17.0 Å². The van der Waals surface area contributed by atoms with Crippen LogP contribution in [0.5, 0.6) is 0 Å². The first kappa shape index (κ1) is 22.6. The van der Waals surface area contributed by atoms with Crippen LogP contribution in [0.3, 0.4) is 0 Å². The van der Waals surface area contributed by atoms with Crippen molar-refractivity contribution in [3.8, 4) is 0 Å². The number of carbonyl (C=O) groups is 1. The molecule has 8 nitrogen and oxygen atoms in total. The first-order chi connectivity index (χ1) is 15.0. The summed E-state index contributed by atoms with van der Waals surface area (Å²) in [6.07, 6.45) is 4.53. The lowest BCUT2D eigenvalue weighted by Gasteiger charge is -2.34. The highest BCUT2D eigenvalue weighted by atomic mass is 35.5. The van der Waals surface area contributed by atoms with Gasteiger partial charge in [-0.2, -0.15) is 5.10 Å². The van der Waals surface area contributed by atoms with Gasteiger partial charge in [0.15, 0.2) is 0 Å². The third kappa shape index (κ3) is 7.29. The average Bonchev–Trinajstić information content (AvgIpc) is 2.76. The number of allylic oxidation sites excluding steroid dienone is 1. The molecular formula is C22H24ClN5O3. The number of carbonyl (C=O) groups excluding carboxylic acids is 1. The Morgan fingerprint density at radius 2 is 1.77 bits per heavy atom. The van der Waals surface area contributed by atoms with E-state index >= 15 is 0 Å². The quantitative estimate of drug-likeness (QED) is 0.386. The molecule has 2 aromatic carbocycles. The Bertz CT molecular complexity index is 954. The predicted molar refractivity (Wildman–Crippen MR) is 122 cm³/mol. The third-order valence-corrected chi connectivity index (χ3v) is 5.16. The van der Waals surface area contributed by atoms with E-state index in [1.807, 2.05) is 24.3 Å². The highest BCUT2D eigenvalue weighted by molar-refractivity contribution is 6.30. The van der Waals surface area contributed by atoms with Crippen molar-refractivity contribution >= 4 is 35.5 Å². The Morgan fingerprint density at radius 1 is 1.10 bits per heavy atom. The smallest absolute Gasteiger partial charge is 0.276 e. The summed E-state index contributed by atoms with van der Waals surface area (Å²) in [5, 5.41) is 15.6. The van der Waals surface area contributed by atoms with Crippen LogP contribution < -0.4 is 5.43 Å². The molecule has 0 atom stereocenters. The molecule has 1 aliphatic heterocycles. The van der Waals surface area contributed by atoms with Gasteiger partial charge in [-0.05, 0) is 35.9 Å². The molecule has 3 rings (SSSR count). The largest absolute Gasteiger partial charge is 0.297 e. The van der Waals surface area contributed by atoms with Gasteiger partial charge in [0, 0.05) is 50.0 Å². The molecule has 0 aliphatic carbocycles. The van der Waals surface area contributed by atoms with Crippen LogP contribution in [0.1, 0.15) is 11.1 Å². The van der Waals surface area contributed by atoms with E-state index in [0.717, 1.165) is 37.7 Å². The number of para-hydroxylation sites is 1. The van der Waals surface area contributed by atoms with E-state index < -0.39 is 4.92 Å². The average molecular weight is 442 g/mol. The summed E-state index contributed by atoms with van der Waals surface area (Å²) in [6.45, 7) is 4.54. The van der Waals surface area contributed by atoms with E-state index in [-0.39, 0.29) is 18.1 Å². The van der Waals surface area contributed by atoms with Gasteiger partial charge >= 0.3 is 0 Å². The van der Waals surface area contributed by atoms with Crippen LogP contribution in [-0.2, 0) is 11.3 Å². The molecule has 1 heterocycles. The summed E-state index contributed by atoms with van der Waals surface area (Å²) in [4.78, 5) is 27.1. The molecule has 2 aromatic rings. The van der Waals surface area contributed by atoms with Gasteiger partial charge in [0.1, 0.15) is 0 Å². The monoisotopic (exact) mass is 441 g/mol. The third-order valence-electron chi connectivity index (χ3n) is 4.91. The number of benzene rings is 2. The summed E-state index contributed by atoms with van der Waals surface area (Å²) < 4.78 is 0. The number of nitro groups is 1. The number of nitrogens with one attached hydrogen (secondary N) is 1. The Morgan fingerprint density at radius 3 is 2.48 bits per heavy atom. The van der Waals surface area contributed by atoms with Gasteiger partial charge in [0.2, 0.25) is 0 Å². The first-order valence-corrected chi connectivity index (χ1v) is 10.3. The molecule has 0 aromatic heterocycles. The molecule has 0 spiro atoms. The molecule has 1 N–H and O–H groups in total. The van der Waals surface area contributed by atoms with E-state index in [4.69, 9.17) is 11.6 Å². The molecule has 9 heteroatoms. The van der Waals surface area contributed by atoms with Gasteiger partial charge < -0.3 is 0 Å². The molecule has 0 bridgehead atoms. The van der Waals surface area contributed by atoms with E-state index in [2.05, 4.69) is 20.3 Å². The lowest BCUT2D eigenvalue weighted by Crippen LogP contribution is -2.48. The number of hydrazone groups is 1. The fourth-order valence-corrected chi connectivity index (χ4v) is 3.41. The van der Waals surface area contributed by atoms with Crippen molar-refractivity contribution in [1.82, 2.24) is 15.2 Å². The lowest BCUT2D eigenvalue weighted by molar-refractivity contribution is -0.385. The second-order valence-electron chi connectivity index (χ2n) is 7.17. The molecular weight excluding hydrogens is 418 g/mol. The van der Waals surface area contributed by atoms with Crippen LogP contribution in [0.4, 0.5) is 5.69 Å². The van der Waals surface area contributed by atoms with Crippen molar-refractivity contribution < 1.29 is 9.72 Å². The number of piperazine rings is 1. The van der Waals surface area contributed by atoms with Crippen molar-refractivity contribution in [1.29, 1.82) is 0 Å². The minimum absolute atomic E-state index is 0.0198. The summed E-state index contributed by atoms with van der Waals surface area (Å²) >= 11 is 5.93. The van der Waals surface area contributed by atoms with Crippen molar-refractivity contribution in [3.05, 3.63) is 80.9 Å². The highest BCUT2D eigenvalue weighted by Crippen LogP contribution is 2.18. The molecule has 1 fully saturated rings. The number of nitro benzene ring substituents is 1.